The van der Waals surface area contributed by atoms with Gasteiger partial charge in [0.15, 0.2) is 0 Å². The third-order valence-electron chi connectivity index (χ3n) is 3.12. The van der Waals surface area contributed by atoms with Crippen LogP contribution in [0.4, 0.5) is 21.9 Å². The van der Waals surface area contributed by atoms with E-state index in [2.05, 4.69) is 20.3 Å². The van der Waals surface area contributed by atoms with Gasteiger partial charge in [0.2, 0.25) is 0 Å². The van der Waals surface area contributed by atoms with Crippen molar-refractivity contribution in [3.8, 4) is 0 Å². The number of amides is 1. The molecule has 1 heterocycles. The molecular weight excluding hydrogens is 364 g/mol. The molecule has 2 aromatic rings. The molecule has 1 amide bonds. The lowest BCUT2D eigenvalue weighted by Gasteiger charge is -2.16. The summed E-state index contributed by atoms with van der Waals surface area (Å²) in [6, 6.07) is 6.68. The normalized spacial score (nSPS) is 11.2. The Balaban J connectivity index is 2.33. The van der Waals surface area contributed by atoms with E-state index >= 15 is 0 Å². The van der Waals surface area contributed by atoms with Gasteiger partial charge in [0, 0.05) is 22.9 Å². The smallest absolute Gasteiger partial charge is 0.353 e. The van der Waals surface area contributed by atoms with Gasteiger partial charge in [-0.15, -0.1) is 0 Å². The lowest BCUT2D eigenvalue weighted by atomic mass is 10.2. The third-order valence-corrected chi connectivity index (χ3v) is 4.45. The van der Waals surface area contributed by atoms with E-state index in [-0.39, 0.29) is 11.7 Å². The molecule has 9 heteroatoms. The van der Waals surface area contributed by atoms with E-state index in [0.717, 1.165) is 0 Å². The molecule has 2 rings (SSSR count). The predicted octanol–water partition coefficient (Wildman–Crippen LogP) is 3.65. The van der Waals surface area contributed by atoms with Crippen LogP contribution in [0.2, 0.25) is 5.02 Å². The van der Waals surface area contributed by atoms with E-state index in [1.165, 1.54) is 6.20 Å². The van der Waals surface area contributed by atoms with Gasteiger partial charge in [0.05, 0.1) is 17.6 Å². The van der Waals surface area contributed by atoms with E-state index in [9.17, 15) is 13.2 Å². The number of benzene rings is 1. The standard InChI is InChI=1S/C16H19ClN4O3S/c1-10(2)19-16(22)25(23,24)21-14-9-18-8-11(3)15(14)20-13-6-4-5-12(17)7-13/h4-10,21H,1-3H3,(H,18,20)(H,19,22). The fourth-order valence-corrected chi connectivity index (χ4v) is 3.14. The van der Waals surface area contributed by atoms with Crippen LogP contribution in [-0.2, 0) is 10.0 Å². The zero-order valence-electron chi connectivity index (χ0n) is 14.0. The Morgan fingerprint density at radius 2 is 1.96 bits per heavy atom. The van der Waals surface area contributed by atoms with Gasteiger partial charge in [-0.3, -0.25) is 14.5 Å². The fraction of sp³-hybridized carbons (Fsp3) is 0.250. The van der Waals surface area contributed by atoms with E-state index < -0.39 is 15.3 Å². The van der Waals surface area contributed by atoms with Crippen LogP contribution >= 0.6 is 11.6 Å². The Kier molecular flexibility index (Phi) is 5.86. The first-order valence-electron chi connectivity index (χ1n) is 7.49. The van der Waals surface area contributed by atoms with Crippen molar-refractivity contribution < 1.29 is 13.2 Å². The quantitative estimate of drug-likeness (QED) is 0.732. The molecule has 7 nitrogen and oxygen atoms in total. The van der Waals surface area contributed by atoms with Gasteiger partial charge < -0.3 is 10.6 Å². The molecule has 1 aromatic heterocycles. The van der Waals surface area contributed by atoms with E-state index in [1.807, 2.05) is 0 Å². The number of aromatic nitrogens is 1. The molecule has 0 saturated heterocycles. The van der Waals surface area contributed by atoms with Crippen LogP contribution in [0, 0.1) is 6.92 Å². The molecule has 0 fully saturated rings. The maximum absolute atomic E-state index is 12.2. The summed E-state index contributed by atoms with van der Waals surface area (Å²) in [5.41, 5.74) is 2.02. The number of sulfonamides is 1. The Hall–Kier alpha value is -2.32. The van der Waals surface area contributed by atoms with Gasteiger partial charge in [0.1, 0.15) is 0 Å². The SMILES string of the molecule is Cc1cncc(NS(=O)(=O)C(=O)NC(C)C)c1Nc1cccc(Cl)c1. The second-order valence-electron chi connectivity index (χ2n) is 5.71. The van der Waals surface area contributed by atoms with Crippen molar-refractivity contribution in [3.05, 3.63) is 47.2 Å². The minimum Gasteiger partial charge on any atom is -0.353 e. The highest BCUT2D eigenvalue weighted by molar-refractivity contribution is 8.07. The third kappa shape index (κ3) is 5.07. The fourth-order valence-electron chi connectivity index (χ4n) is 2.02. The van der Waals surface area contributed by atoms with E-state index in [1.54, 1.807) is 51.2 Å². The molecular formula is C16H19ClN4O3S. The molecule has 0 saturated carbocycles. The van der Waals surface area contributed by atoms with Crippen LogP contribution in [0.15, 0.2) is 36.7 Å². The van der Waals surface area contributed by atoms with Crippen LogP contribution in [0.1, 0.15) is 19.4 Å². The van der Waals surface area contributed by atoms with Gasteiger partial charge in [-0.05, 0) is 44.5 Å². The number of nitrogens with one attached hydrogen (secondary N) is 3. The second-order valence-corrected chi connectivity index (χ2v) is 7.72. The number of halogens is 1. The summed E-state index contributed by atoms with van der Waals surface area (Å²) in [6.45, 7) is 5.12. The van der Waals surface area contributed by atoms with Gasteiger partial charge in [-0.1, -0.05) is 17.7 Å². The molecule has 0 aliphatic carbocycles. The molecule has 0 atom stereocenters. The molecule has 0 bridgehead atoms. The molecule has 0 radical (unpaired) electrons. The van der Waals surface area contributed by atoms with Crippen molar-refractivity contribution in [2.24, 2.45) is 0 Å². The monoisotopic (exact) mass is 382 g/mol. The van der Waals surface area contributed by atoms with Crippen molar-refractivity contribution in [2.75, 3.05) is 10.0 Å². The minimum atomic E-state index is -4.25. The molecule has 1 aromatic carbocycles. The number of aryl methyl sites for hydroxylation is 1. The Labute approximate surface area is 151 Å². The van der Waals surface area contributed by atoms with Crippen molar-refractivity contribution in [1.82, 2.24) is 10.3 Å². The van der Waals surface area contributed by atoms with Gasteiger partial charge >= 0.3 is 15.3 Å². The number of rotatable bonds is 5. The average Bonchev–Trinajstić information content (AvgIpc) is 2.50. The van der Waals surface area contributed by atoms with Crippen molar-refractivity contribution >= 4 is 43.9 Å². The first-order valence-corrected chi connectivity index (χ1v) is 9.35. The molecule has 134 valence electrons. The number of hydrogen-bond donors (Lipinski definition) is 3. The van der Waals surface area contributed by atoms with Gasteiger partial charge in [-0.25, -0.2) is 0 Å². The largest absolute Gasteiger partial charge is 0.357 e. The minimum absolute atomic E-state index is 0.166. The average molecular weight is 383 g/mol. The molecule has 0 aliphatic heterocycles. The number of nitrogens with zero attached hydrogens (tertiary/aromatic N) is 1. The first-order chi connectivity index (χ1) is 11.7. The summed E-state index contributed by atoms with van der Waals surface area (Å²) in [7, 11) is -4.25. The van der Waals surface area contributed by atoms with Gasteiger partial charge in [-0.2, -0.15) is 8.42 Å². The van der Waals surface area contributed by atoms with Gasteiger partial charge in [0.25, 0.3) is 0 Å². The van der Waals surface area contributed by atoms with E-state index in [4.69, 9.17) is 11.6 Å². The number of hydrogen-bond acceptors (Lipinski definition) is 5. The lowest BCUT2D eigenvalue weighted by molar-refractivity contribution is 0.256. The summed E-state index contributed by atoms with van der Waals surface area (Å²) >= 11 is 5.97. The Morgan fingerprint density at radius 3 is 2.60 bits per heavy atom. The maximum Gasteiger partial charge on any atom is 0.357 e. The molecule has 0 aliphatic rings. The van der Waals surface area contributed by atoms with Crippen molar-refractivity contribution in [1.29, 1.82) is 0 Å². The molecule has 0 unspecified atom stereocenters. The molecule has 25 heavy (non-hydrogen) atoms. The number of anilines is 3. The zero-order chi connectivity index (χ0) is 18.6. The zero-order valence-corrected chi connectivity index (χ0v) is 15.6. The summed E-state index contributed by atoms with van der Waals surface area (Å²) < 4.78 is 26.7. The van der Waals surface area contributed by atoms with Crippen LogP contribution < -0.4 is 15.4 Å². The Morgan fingerprint density at radius 1 is 1.24 bits per heavy atom. The molecule has 0 spiro atoms. The highest BCUT2D eigenvalue weighted by Crippen LogP contribution is 2.29. The number of carbonyl (C=O) groups is 1. The van der Waals surface area contributed by atoms with Crippen LogP contribution in [0.5, 0.6) is 0 Å². The van der Waals surface area contributed by atoms with Crippen LogP contribution in [-0.4, -0.2) is 24.7 Å². The summed E-state index contributed by atoms with van der Waals surface area (Å²) in [6.07, 6.45) is 2.92. The van der Waals surface area contributed by atoms with E-state index in [0.29, 0.717) is 22.0 Å². The second kappa shape index (κ2) is 7.71. The topological polar surface area (TPSA) is 100 Å². The summed E-state index contributed by atoms with van der Waals surface area (Å²) in [5.74, 6) is 0. The van der Waals surface area contributed by atoms with Crippen molar-refractivity contribution in [2.45, 2.75) is 26.8 Å². The highest BCUT2D eigenvalue weighted by Gasteiger charge is 2.24. The molecule has 3 N–H and O–H groups in total. The predicted molar refractivity (Wildman–Crippen MR) is 99.9 cm³/mol. The number of carbonyl (C=O) groups excluding carboxylic acids is 1. The van der Waals surface area contributed by atoms with Crippen molar-refractivity contribution in [3.63, 3.8) is 0 Å². The summed E-state index contributed by atoms with van der Waals surface area (Å²) in [4.78, 5) is 15.8. The highest BCUT2D eigenvalue weighted by atomic mass is 35.5. The number of pyridine rings is 1. The Bertz CT molecular complexity index is 885. The maximum atomic E-state index is 12.2. The summed E-state index contributed by atoms with van der Waals surface area (Å²) in [5, 5.41) is 4.89. The lowest BCUT2D eigenvalue weighted by Crippen LogP contribution is -2.37. The van der Waals surface area contributed by atoms with Crippen LogP contribution in [0.25, 0.3) is 0 Å². The van der Waals surface area contributed by atoms with Crippen LogP contribution in [0.3, 0.4) is 0 Å². The first kappa shape index (κ1) is 19.0.